The van der Waals surface area contributed by atoms with E-state index in [0.717, 1.165) is 0 Å². The van der Waals surface area contributed by atoms with Crippen LogP contribution in [-0.4, -0.2) is 4.99 Å². The summed E-state index contributed by atoms with van der Waals surface area (Å²) in [6.45, 7) is 1.95. The van der Waals surface area contributed by atoms with Crippen LogP contribution >= 0.6 is 11.8 Å². The van der Waals surface area contributed by atoms with Crippen molar-refractivity contribution in [3.63, 3.8) is 0 Å². The average Bonchev–Trinajstić information content (AvgIpc) is 2.16. The molecule has 0 radical (unpaired) electrons. The highest BCUT2D eigenvalue weighted by atomic mass is 32.2. The molecule has 50 valence electrons. The summed E-state index contributed by atoms with van der Waals surface area (Å²) in [4.78, 5) is -0.380. The van der Waals surface area contributed by atoms with E-state index in [1.54, 1.807) is 11.8 Å². The van der Waals surface area contributed by atoms with E-state index in [1.165, 1.54) is 0 Å². The standard InChI is InChI=1S/C6H10N2S/c1-2-3-6(7)8-4-5-9-6/h2-5,8H,7H2,1H3. The molecule has 0 aromatic heterocycles. The van der Waals surface area contributed by atoms with E-state index in [1.807, 2.05) is 30.7 Å². The lowest BCUT2D eigenvalue weighted by molar-refractivity contribution is 0.686. The van der Waals surface area contributed by atoms with Crippen molar-refractivity contribution in [2.75, 3.05) is 0 Å². The van der Waals surface area contributed by atoms with Crippen LogP contribution in [0.25, 0.3) is 0 Å². The average molecular weight is 142 g/mol. The summed E-state index contributed by atoms with van der Waals surface area (Å²) in [5.41, 5.74) is 5.77. The van der Waals surface area contributed by atoms with Crippen molar-refractivity contribution < 1.29 is 0 Å². The van der Waals surface area contributed by atoms with Gasteiger partial charge in [-0.05, 0) is 18.4 Å². The lowest BCUT2D eigenvalue weighted by Gasteiger charge is -2.18. The Morgan fingerprint density at radius 2 is 2.56 bits per heavy atom. The molecule has 1 heterocycles. The van der Waals surface area contributed by atoms with Crippen molar-refractivity contribution >= 4 is 11.8 Å². The first-order valence-electron chi connectivity index (χ1n) is 2.80. The Balaban J connectivity index is 2.55. The fourth-order valence-corrected chi connectivity index (χ4v) is 1.39. The molecule has 9 heavy (non-hydrogen) atoms. The van der Waals surface area contributed by atoms with Crippen LogP contribution in [0.4, 0.5) is 0 Å². The summed E-state index contributed by atoms with van der Waals surface area (Å²) in [6.07, 6.45) is 5.72. The predicted molar refractivity (Wildman–Crippen MR) is 41.6 cm³/mol. The van der Waals surface area contributed by atoms with Crippen molar-refractivity contribution in [2.45, 2.75) is 11.9 Å². The Morgan fingerprint density at radius 1 is 1.78 bits per heavy atom. The molecule has 0 saturated carbocycles. The van der Waals surface area contributed by atoms with Crippen molar-refractivity contribution in [3.8, 4) is 0 Å². The van der Waals surface area contributed by atoms with Crippen molar-refractivity contribution in [3.05, 3.63) is 23.8 Å². The molecule has 0 bridgehead atoms. The maximum Gasteiger partial charge on any atom is 0.157 e. The predicted octanol–water partition coefficient (Wildman–Crippen LogP) is 0.983. The first-order chi connectivity index (χ1) is 4.27. The second-order valence-electron chi connectivity index (χ2n) is 1.86. The SMILES string of the molecule is CC=CC1(N)NC=CS1. The largest absolute Gasteiger partial charge is 0.361 e. The van der Waals surface area contributed by atoms with Crippen LogP contribution in [0.1, 0.15) is 6.92 Å². The van der Waals surface area contributed by atoms with Crippen LogP contribution in [0, 0.1) is 0 Å². The minimum Gasteiger partial charge on any atom is -0.361 e. The minimum atomic E-state index is -0.380. The molecule has 3 N–H and O–H groups in total. The lowest BCUT2D eigenvalue weighted by Crippen LogP contribution is -2.42. The molecule has 1 unspecified atom stereocenters. The van der Waals surface area contributed by atoms with Crippen LogP contribution in [0.5, 0.6) is 0 Å². The number of hydrogen-bond acceptors (Lipinski definition) is 3. The van der Waals surface area contributed by atoms with Crippen molar-refractivity contribution in [1.82, 2.24) is 5.32 Å². The molecule has 0 aliphatic carbocycles. The highest BCUT2D eigenvalue weighted by molar-refractivity contribution is 8.03. The first kappa shape index (κ1) is 6.71. The number of thioether (sulfide) groups is 1. The van der Waals surface area contributed by atoms with Crippen LogP contribution < -0.4 is 11.1 Å². The van der Waals surface area contributed by atoms with E-state index >= 15 is 0 Å². The van der Waals surface area contributed by atoms with E-state index in [0.29, 0.717) is 0 Å². The van der Waals surface area contributed by atoms with Crippen LogP contribution in [0.15, 0.2) is 23.8 Å². The monoisotopic (exact) mass is 142 g/mol. The molecule has 1 aliphatic rings. The van der Waals surface area contributed by atoms with Crippen LogP contribution in [-0.2, 0) is 0 Å². The summed E-state index contributed by atoms with van der Waals surface area (Å²) < 4.78 is 0. The smallest absolute Gasteiger partial charge is 0.157 e. The quantitative estimate of drug-likeness (QED) is 0.536. The highest BCUT2D eigenvalue weighted by Crippen LogP contribution is 2.23. The number of allylic oxidation sites excluding steroid dienone is 1. The highest BCUT2D eigenvalue weighted by Gasteiger charge is 2.21. The van der Waals surface area contributed by atoms with Gasteiger partial charge in [-0.15, -0.1) is 0 Å². The summed E-state index contributed by atoms with van der Waals surface area (Å²) in [5.74, 6) is 0. The summed E-state index contributed by atoms with van der Waals surface area (Å²) in [7, 11) is 0. The molecule has 2 nitrogen and oxygen atoms in total. The first-order valence-corrected chi connectivity index (χ1v) is 3.68. The van der Waals surface area contributed by atoms with Gasteiger partial charge in [-0.25, -0.2) is 0 Å². The van der Waals surface area contributed by atoms with Gasteiger partial charge in [0.1, 0.15) is 0 Å². The van der Waals surface area contributed by atoms with Crippen molar-refractivity contribution in [2.24, 2.45) is 5.73 Å². The number of hydrogen-bond donors (Lipinski definition) is 2. The zero-order valence-electron chi connectivity index (χ0n) is 5.29. The normalized spacial score (nSPS) is 33.6. The van der Waals surface area contributed by atoms with Crippen molar-refractivity contribution in [1.29, 1.82) is 0 Å². The molecule has 0 saturated heterocycles. The maximum absolute atomic E-state index is 5.77. The van der Waals surface area contributed by atoms with E-state index < -0.39 is 0 Å². The molecular formula is C6H10N2S. The Labute approximate surface area is 59.2 Å². The van der Waals surface area contributed by atoms with E-state index in [-0.39, 0.29) is 4.99 Å². The molecule has 1 atom stereocenters. The van der Waals surface area contributed by atoms with Gasteiger partial charge in [-0.1, -0.05) is 17.8 Å². The summed E-state index contributed by atoms with van der Waals surface area (Å²) >= 11 is 1.57. The van der Waals surface area contributed by atoms with Gasteiger partial charge in [0.15, 0.2) is 4.99 Å². The summed E-state index contributed by atoms with van der Waals surface area (Å²) in [5, 5.41) is 4.95. The molecule has 0 aromatic carbocycles. The van der Waals surface area contributed by atoms with Gasteiger partial charge >= 0.3 is 0 Å². The zero-order valence-corrected chi connectivity index (χ0v) is 6.11. The topological polar surface area (TPSA) is 38.0 Å². The number of nitrogens with one attached hydrogen (secondary N) is 1. The van der Waals surface area contributed by atoms with Gasteiger partial charge in [0.25, 0.3) is 0 Å². The van der Waals surface area contributed by atoms with Gasteiger partial charge in [0.05, 0.1) is 0 Å². The second kappa shape index (κ2) is 2.45. The van der Waals surface area contributed by atoms with Gasteiger partial charge in [0, 0.05) is 6.20 Å². The van der Waals surface area contributed by atoms with Crippen LogP contribution in [0.3, 0.4) is 0 Å². The van der Waals surface area contributed by atoms with Gasteiger partial charge in [-0.2, -0.15) is 0 Å². The minimum absolute atomic E-state index is 0.380. The molecule has 1 aliphatic heterocycles. The third kappa shape index (κ3) is 1.50. The molecule has 1 rings (SSSR count). The molecule has 0 amide bonds. The molecule has 0 aromatic rings. The van der Waals surface area contributed by atoms with E-state index in [2.05, 4.69) is 5.32 Å². The molecule has 0 fully saturated rings. The Morgan fingerprint density at radius 3 is 3.00 bits per heavy atom. The fourth-order valence-electron chi connectivity index (χ4n) is 0.680. The molecular weight excluding hydrogens is 132 g/mol. The Bertz CT molecular complexity index is 143. The van der Waals surface area contributed by atoms with E-state index in [4.69, 9.17) is 5.73 Å². The third-order valence-corrected chi connectivity index (χ3v) is 1.97. The number of rotatable bonds is 1. The van der Waals surface area contributed by atoms with Gasteiger partial charge in [0.2, 0.25) is 0 Å². The summed E-state index contributed by atoms with van der Waals surface area (Å²) in [6, 6.07) is 0. The van der Waals surface area contributed by atoms with Gasteiger partial charge in [-0.3, -0.25) is 5.73 Å². The maximum atomic E-state index is 5.77. The van der Waals surface area contributed by atoms with E-state index in [9.17, 15) is 0 Å². The fraction of sp³-hybridized carbons (Fsp3) is 0.333. The molecule has 3 heteroatoms. The Kier molecular flexibility index (Phi) is 1.83. The lowest BCUT2D eigenvalue weighted by atomic mass is 10.4. The number of nitrogens with two attached hydrogens (primary N) is 1. The van der Waals surface area contributed by atoms with Gasteiger partial charge < -0.3 is 5.32 Å². The second-order valence-corrected chi connectivity index (χ2v) is 3.04. The zero-order chi connectivity index (χ0) is 6.74. The molecule has 0 spiro atoms. The Hall–Kier alpha value is -0.410. The third-order valence-electron chi connectivity index (χ3n) is 1.05. The van der Waals surface area contributed by atoms with Crippen LogP contribution in [0.2, 0.25) is 0 Å².